The Kier molecular flexibility index (Phi) is 6.85. The van der Waals surface area contributed by atoms with Gasteiger partial charge in [-0.15, -0.1) is 11.3 Å². The van der Waals surface area contributed by atoms with Crippen LogP contribution in [0.4, 0.5) is 5.69 Å². The van der Waals surface area contributed by atoms with E-state index < -0.39 is 0 Å². The number of aliphatic hydroxyl groups is 1. The second-order valence-corrected chi connectivity index (χ2v) is 9.24. The van der Waals surface area contributed by atoms with Crippen molar-refractivity contribution in [2.24, 2.45) is 5.92 Å². The van der Waals surface area contributed by atoms with Crippen molar-refractivity contribution in [2.75, 3.05) is 37.7 Å². The van der Waals surface area contributed by atoms with Crippen LogP contribution in [-0.2, 0) is 6.54 Å². The van der Waals surface area contributed by atoms with Crippen LogP contribution in [0.5, 0.6) is 0 Å². The van der Waals surface area contributed by atoms with E-state index in [1.54, 1.807) is 0 Å². The third-order valence-electron chi connectivity index (χ3n) is 6.18. The van der Waals surface area contributed by atoms with Gasteiger partial charge in [-0.2, -0.15) is 0 Å². The molecule has 0 bridgehead atoms. The van der Waals surface area contributed by atoms with Gasteiger partial charge in [0.1, 0.15) is 0 Å². The minimum absolute atomic E-state index is 0.0891. The van der Waals surface area contributed by atoms with E-state index >= 15 is 0 Å². The number of nitrogens with one attached hydrogen (secondary N) is 1. The number of carbonyl (C=O) groups is 1. The summed E-state index contributed by atoms with van der Waals surface area (Å²) in [6, 6.07) is 13.0. The maximum atomic E-state index is 12.8. The first-order valence-corrected chi connectivity index (χ1v) is 11.6. The Bertz CT molecular complexity index is 770. The molecule has 2 aromatic rings. The molecule has 0 unspecified atom stereocenters. The number of carbonyl (C=O) groups excluding carboxylic acids is 1. The predicted octanol–water partition coefficient (Wildman–Crippen LogP) is 3.35. The quantitative estimate of drug-likeness (QED) is 0.763. The van der Waals surface area contributed by atoms with Gasteiger partial charge < -0.3 is 20.2 Å². The summed E-state index contributed by atoms with van der Waals surface area (Å²) in [6.45, 7) is 4.68. The predicted molar refractivity (Wildman–Crippen MR) is 119 cm³/mol. The average molecular weight is 414 g/mol. The lowest BCUT2D eigenvalue weighted by atomic mass is 9.98. The number of benzene rings is 1. The zero-order chi connectivity index (χ0) is 20.1. The molecule has 2 N–H and O–H groups in total. The van der Waals surface area contributed by atoms with E-state index in [1.807, 2.05) is 28.4 Å². The minimum Gasteiger partial charge on any atom is -0.396 e. The molecule has 2 fully saturated rings. The molecule has 1 aromatic carbocycles. The maximum absolute atomic E-state index is 12.8. The standard InChI is InChI=1S/C23H31N3O2S/c27-17-18-3-1-11-26(16-18)23(28)19-5-7-21(8-6-19)25-12-9-20(10-13-25)24-15-22-4-2-14-29-22/h2,4-8,14,18,20,24,27H,1,3,9-13,15-17H2/t18-/m0/s1. The number of hydrogen-bond donors (Lipinski definition) is 2. The highest BCUT2D eigenvalue weighted by Crippen LogP contribution is 2.23. The fraction of sp³-hybridized carbons (Fsp3) is 0.522. The van der Waals surface area contributed by atoms with Crippen molar-refractivity contribution in [3.8, 4) is 0 Å². The fourth-order valence-electron chi connectivity index (χ4n) is 4.40. The van der Waals surface area contributed by atoms with E-state index in [0.717, 1.165) is 57.4 Å². The van der Waals surface area contributed by atoms with Crippen LogP contribution in [0, 0.1) is 5.92 Å². The van der Waals surface area contributed by atoms with Gasteiger partial charge in [0, 0.05) is 61.5 Å². The third kappa shape index (κ3) is 5.18. The van der Waals surface area contributed by atoms with Crippen LogP contribution in [0.1, 0.15) is 40.9 Å². The Morgan fingerprint density at radius 3 is 2.59 bits per heavy atom. The summed E-state index contributed by atoms with van der Waals surface area (Å²) in [5.41, 5.74) is 1.95. The lowest BCUT2D eigenvalue weighted by Crippen LogP contribution is -2.42. The highest BCUT2D eigenvalue weighted by molar-refractivity contribution is 7.09. The summed E-state index contributed by atoms with van der Waals surface area (Å²) in [5.74, 6) is 0.313. The summed E-state index contributed by atoms with van der Waals surface area (Å²) in [6.07, 6.45) is 4.27. The molecule has 1 atom stereocenters. The maximum Gasteiger partial charge on any atom is 0.253 e. The number of amides is 1. The summed E-state index contributed by atoms with van der Waals surface area (Å²) in [5, 5.41) is 15.2. The van der Waals surface area contributed by atoms with Crippen LogP contribution >= 0.6 is 11.3 Å². The Morgan fingerprint density at radius 1 is 1.10 bits per heavy atom. The van der Waals surface area contributed by atoms with E-state index in [4.69, 9.17) is 0 Å². The Morgan fingerprint density at radius 2 is 1.90 bits per heavy atom. The van der Waals surface area contributed by atoms with E-state index in [0.29, 0.717) is 12.6 Å². The molecule has 29 heavy (non-hydrogen) atoms. The molecule has 0 saturated carbocycles. The second kappa shape index (κ2) is 9.74. The van der Waals surface area contributed by atoms with E-state index in [1.165, 1.54) is 10.6 Å². The van der Waals surface area contributed by atoms with Crippen molar-refractivity contribution in [2.45, 2.75) is 38.3 Å². The Balaban J connectivity index is 1.27. The lowest BCUT2D eigenvalue weighted by Gasteiger charge is -2.34. The van der Waals surface area contributed by atoms with Gasteiger partial charge in [0.15, 0.2) is 0 Å². The Labute approximate surface area is 177 Å². The van der Waals surface area contributed by atoms with Gasteiger partial charge in [-0.05, 0) is 67.3 Å². The molecule has 3 heterocycles. The monoisotopic (exact) mass is 413 g/mol. The highest BCUT2D eigenvalue weighted by Gasteiger charge is 2.24. The number of rotatable bonds is 6. The molecule has 0 radical (unpaired) electrons. The second-order valence-electron chi connectivity index (χ2n) is 8.21. The van der Waals surface area contributed by atoms with E-state index in [-0.39, 0.29) is 18.4 Å². The molecule has 1 amide bonds. The van der Waals surface area contributed by atoms with Crippen molar-refractivity contribution >= 4 is 22.9 Å². The molecule has 1 aromatic heterocycles. The first-order chi connectivity index (χ1) is 14.2. The van der Waals surface area contributed by atoms with Gasteiger partial charge in [-0.3, -0.25) is 4.79 Å². The molecule has 2 saturated heterocycles. The van der Waals surface area contributed by atoms with E-state index in [2.05, 4.69) is 39.9 Å². The van der Waals surface area contributed by atoms with Crippen LogP contribution < -0.4 is 10.2 Å². The molecule has 2 aliphatic heterocycles. The van der Waals surface area contributed by atoms with Crippen molar-refractivity contribution in [1.29, 1.82) is 0 Å². The molecular weight excluding hydrogens is 382 g/mol. The van der Waals surface area contributed by atoms with Gasteiger partial charge in [0.25, 0.3) is 5.91 Å². The minimum atomic E-state index is 0.0891. The van der Waals surface area contributed by atoms with Crippen LogP contribution in [-0.4, -0.2) is 54.7 Å². The number of likely N-dealkylation sites (tertiary alicyclic amines) is 1. The topological polar surface area (TPSA) is 55.8 Å². The van der Waals surface area contributed by atoms with E-state index in [9.17, 15) is 9.90 Å². The molecule has 2 aliphatic rings. The lowest BCUT2D eigenvalue weighted by molar-refractivity contribution is 0.0620. The smallest absolute Gasteiger partial charge is 0.253 e. The SMILES string of the molecule is O=C(c1ccc(N2CCC(NCc3cccs3)CC2)cc1)N1CCC[C@H](CO)C1. The van der Waals surface area contributed by atoms with Crippen LogP contribution in [0.3, 0.4) is 0 Å². The van der Waals surface area contributed by atoms with Gasteiger partial charge in [0.2, 0.25) is 0 Å². The number of thiophene rings is 1. The zero-order valence-electron chi connectivity index (χ0n) is 16.9. The number of piperidine rings is 2. The van der Waals surface area contributed by atoms with Gasteiger partial charge >= 0.3 is 0 Å². The summed E-state index contributed by atoms with van der Waals surface area (Å²) < 4.78 is 0. The molecule has 4 rings (SSSR count). The van der Waals surface area contributed by atoms with Crippen molar-refractivity contribution in [3.63, 3.8) is 0 Å². The highest BCUT2D eigenvalue weighted by atomic mass is 32.1. The van der Waals surface area contributed by atoms with Crippen molar-refractivity contribution < 1.29 is 9.90 Å². The van der Waals surface area contributed by atoms with Gasteiger partial charge in [0.05, 0.1) is 0 Å². The summed E-state index contributed by atoms with van der Waals surface area (Å²) >= 11 is 1.81. The number of hydrogen-bond acceptors (Lipinski definition) is 5. The van der Waals surface area contributed by atoms with Crippen molar-refractivity contribution in [3.05, 3.63) is 52.2 Å². The molecular formula is C23H31N3O2S. The summed E-state index contributed by atoms with van der Waals surface area (Å²) in [4.78, 5) is 18.5. The molecule has 6 heteroatoms. The Hall–Kier alpha value is -1.89. The van der Waals surface area contributed by atoms with Crippen LogP contribution in [0.2, 0.25) is 0 Å². The normalized spacial score (nSPS) is 20.8. The number of anilines is 1. The third-order valence-corrected chi connectivity index (χ3v) is 7.06. The number of nitrogens with zero attached hydrogens (tertiary/aromatic N) is 2. The van der Waals surface area contributed by atoms with Crippen molar-refractivity contribution in [1.82, 2.24) is 10.2 Å². The first kappa shape index (κ1) is 20.4. The summed E-state index contributed by atoms with van der Waals surface area (Å²) in [7, 11) is 0. The van der Waals surface area contributed by atoms with Gasteiger partial charge in [-0.1, -0.05) is 6.07 Å². The largest absolute Gasteiger partial charge is 0.396 e. The molecule has 0 spiro atoms. The number of aliphatic hydroxyl groups excluding tert-OH is 1. The molecule has 0 aliphatic carbocycles. The average Bonchev–Trinajstić information content (AvgIpc) is 3.31. The first-order valence-electron chi connectivity index (χ1n) is 10.7. The zero-order valence-corrected chi connectivity index (χ0v) is 17.7. The van der Waals surface area contributed by atoms with Crippen LogP contribution in [0.15, 0.2) is 41.8 Å². The molecule has 5 nitrogen and oxygen atoms in total. The molecule has 156 valence electrons. The van der Waals surface area contributed by atoms with Gasteiger partial charge in [-0.25, -0.2) is 0 Å². The fourth-order valence-corrected chi connectivity index (χ4v) is 5.05. The van der Waals surface area contributed by atoms with Crippen LogP contribution in [0.25, 0.3) is 0 Å².